The van der Waals surface area contributed by atoms with E-state index in [1.165, 1.54) is 12.1 Å². The van der Waals surface area contributed by atoms with Crippen LogP contribution in [0.1, 0.15) is 11.3 Å². The molecule has 0 saturated carbocycles. The highest BCUT2D eigenvalue weighted by molar-refractivity contribution is 5.64. The van der Waals surface area contributed by atoms with Crippen molar-refractivity contribution < 1.29 is 4.39 Å². The summed E-state index contributed by atoms with van der Waals surface area (Å²) in [5.41, 5.74) is 2.87. The van der Waals surface area contributed by atoms with Gasteiger partial charge in [0, 0.05) is 29.9 Å². The Hall–Kier alpha value is -2.01. The van der Waals surface area contributed by atoms with Gasteiger partial charge in [-0.15, -0.1) is 0 Å². The smallest absolute Gasteiger partial charge is 0.308 e. The molecule has 2 N–H and O–H groups in total. The Balaban J connectivity index is 2.21. The number of hydrogen-bond acceptors (Lipinski definition) is 3. The molecule has 86 valence electrons. The van der Waals surface area contributed by atoms with Crippen molar-refractivity contribution in [1.29, 1.82) is 0 Å². The highest BCUT2D eigenvalue weighted by Crippen LogP contribution is 2.24. The summed E-state index contributed by atoms with van der Waals surface area (Å²) in [7, 11) is 0. The van der Waals surface area contributed by atoms with Gasteiger partial charge < -0.3 is 10.3 Å². The number of nitrogens with zero attached hydrogens (tertiary/aromatic N) is 1. The van der Waals surface area contributed by atoms with Crippen LogP contribution in [0.3, 0.4) is 0 Å². The van der Waals surface area contributed by atoms with Crippen LogP contribution in [0, 0.1) is 5.82 Å². The SMILES string of the molecule is O=c1nc(-c2ccc(F)cc2)c2c([nH]1)CNC2. The first-order valence-corrected chi connectivity index (χ1v) is 5.33. The van der Waals surface area contributed by atoms with Crippen LogP contribution >= 0.6 is 0 Å². The van der Waals surface area contributed by atoms with Gasteiger partial charge in [0.25, 0.3) is 0 Å². The number of benzene rings is 1. The van der Waals surface area contributed by atoms with Gasteiger partial charge in [-0.3, -0.25) is 0 Å². The Morgan fingerprint density at radius 1 is 1.18 bits per heavy atom. The number of halogens is 1. The average Bonchev–Trinajstić information content (AvgIpc) is 2.77. The van der Waals surface area contributed by atoms with E-state index >= 15 is 0 Å². The number of rotatable bonds is 1. The predicted molar refractivity (Wildman–Crippen MR) is 60.8 cm³/mol. The highest BCUT2D eigenvalue weighted by Gasteiger charge is 2.18. The lowest BCUT2D eigenvalue weighted by Gasteiger charge is -2.05. The van der Waals surface area contributed by atoms with Gasteiger partial charge in [-0.1, -0.05) is 0 Å². The van der Waals surface area contributed by atoms with Crippen molar-refractivity contribution in [3.63, 3.8) is 0 Å². The van der Waals surface area contributed by atoms with Crippen molar-refractivity contribution >= 4 is 0 Å². The molecular weight excluding hydrogens is 221 g/mol. The van der Waals surface area contributed by atoms with Gasteiger partial charge in [-0.2, -0.15) is 4.98 Å². The van der Waals surface area contributed by atoms with Crippen molar-refractivity contribution in [2.75, 3.05) is 0 Å². The second kappa shape index (κ2) is 3.78. The fraction of sp³-hybridized carbons (Fsp3) is 0.167. The first-order chi connectivity index (χ1) is 8.24. The van der Waals surface area contributed by atoms with Crippen LogP contribution < -0.4 is 11.0 Å². The van der Waals surface area contributed by atoms with E-state index in [0.29, 0.717) is 18.8 Å². The molecular formula is C12H10FN3O. The summed E-state index contributed by atoms with van der Waals surface area (Å²) in [4.78, 5) is 18.1. The maximum Gasteiger partial charge on any atom is 0.345 e. The molecule has 0 aliphatic carbocycles. The van der Waals surface area contributed by atoms with Gasteiger partial charge in [-0.05, 0) is 24.3 Å². The van der Waals surface area contributed by atoms with E-state index < -0.39 is 0 Å². The molecule has 2 aromatic rings. The molecule has 0 radical (unpaired) electrons. The minimum Gasteiger partial charge on any atom is -0.308 e. The summed E-state index contributed by atoms with van der Waals surface area (Å²) in [5.74, 6) is -0.298. The summed E-state index contributed by atoms with van der Waals surface area (Å²) in [6, 6.07) is 6.01. The van der Waals surface area contributed by atoms with Gasteiger partial charge in [0.1, 0.15) is 5.82 Å². The minimum atomic E-state index is -0.369. The third kappa shape index (κ3) is 1.74. The number of H-pyrrole nitrogens is 1. The molecule has 0 atom stereocenters. The molecule has 1 aromatic heterocycles. The van der Waals surface area contributed by atoms with Gasteiger partial charge in [0.05, 0.1) is 5.69 Å². The van der Waals surface area contributed by atoms with E-state index in [1.807, 2.05) is 0 Å². The molecule has 0 amide bonds. The predicted octanol–water partition coefficient (Wildman–Crippen LogP) is 1.18. The number of aromatic amines is 1. The van der Waals surface area contributed by atoms with Gasteiger partial charge in [0.2, 0.25) is 0 Å². The van der Waals surface area contributed by atoms with E-state index in [2.05, 4.69) is 15.3 Å². The number of hydrogen-bond donors (Lipinski definition) is 2. The molecule has 17 heavy (non-hydrogen) atoms. The molecule has 4 nitrogen and oxygen atoms in total. The van der Waals surface area contributed by atoms with E-state index in [9.17, 15) is 9.18 Å². The van der Waals surface area contributed by atoms with Crippen molar-refractivity contribution in [2.45, 2.75) is 13.1 Å². The Kier molecular flexibility index (Phi) is 2.26. The number of fused-ring (bicyclic) bond motifs is 1. The molecule has 2 heterocycles. The fourth-order valence-electron chi connectivity index (χ4n) is 2.04. The highest BCUT2D eigenvalue weighted by atomic mass is 19.1. The van der Waals surface area contributed by atoms with Gasteiger partial charge in [-0.25, -0.2) is 9.18 Å². The van der Waals surface area contributed by atoms with Gasteiger partial charge in [0.15, 0.2) is 0 Å². The van der Waals surface area contributed by atoms with Crippen LogP contribution in [-0.2, 0) is 13.1 Å². The monoisotopic (exact) mass is 231 g/mol. The number of aromatic nitrogens is 2. The van der Waals surface area contributed by atoms with Crippen molar-refractivity contribution in [3.8, 4) is 11.3 Å². The summed E-state index contributed by atoms with van der Waals surface area (Å²) in [6.07, 6.45) is 0. The molecule has 1 aliphatic rings. The molecule has 0 saturated heterocycles. The first kappa shape index (κ1) is 10.2. The van der Waals surface area contributed by atoms with Crippen molar-refractivity contribution in [2.24, 2.45) is 0 Å². The Bertz CT molecular complexity index is 619. The average molecular weight is 231 g/mol. The van der Waals surface area contributed by atoms with Crippen LogP contribution in [0.2, 0.25) is 0 Å². The first-order valence-electron chi connectivity index (χ1n) is 5.33. The van der Waals surface area contributed by atoms with Gasteiger partial charge >= 0.3 is 5.69 Å². The molecule has 1 aromatic carbocycles. The molecule has 0 fully saturated rings. The molecule has 0 unspecified atom stereocenters. The Labute approximate surface area is 96.5 Å². The van der Waals surface area contributed by atoms with E-state index in [1.54, 1.807) is 12.1 Å². The van der Waals surface area contributed by atoms with Crippen LogP contribution in [0.5, 0.6) is 0 Å². The Morgan fingerprint density at radius 3 is 2.71 bits per heavy atom. The maximum atomic E-state index is 12.9. The summed E-state index contributed by atoms with van der Waals surface area (Å²) >= 11 is 0. The molecule has 0 bridgehead atoms. The topological polar surface area (TPSA) is 57.8 Å². The van der Waals surface area contributed by atoms with E-state index in [0.717, 1.165) is 16.8 Å². The molecule has 1 aliphatic heterocycles. The fourth-order valence-corrected chi connectivity index (χ4v) is 2.04. The maximum absolute atomic E-state index is 12.9. The van der Waals surface area contributed by atoms with Crippen LogP contribution in [0.4, 0.5) is 4.39 Å². The molecule has 3 rings (SSSR count). The largest absolute Gasteiger partial charge is 0.345 e. The molecule has 5 heteroatoms. The number of nitrogens with one attached hydrogen (secondary N) is 2. The zero-order chi connectivity index (χ0) is 11.8. The normalized spacial score (nSPS) is 13.7. The summed E-state index contributed by atoms with van der Waals surface area (Å²) in [6.45, 7) is 1.31. The summed E-state index contributed by atoms with van der Waals surface area (Å²) < 4.78 is 12.9. The summed E-state index contributed by atoms with van der Waals surface area (Å²) in [5, 5.41) is 3.15. The lowest BCUT2D eigenvalue weighted by atomic mass is 10.1. The van der Waals surface area contributed by atoms with Crippen molar-refractivity contribution in [3.05, 3.63) is 51.8 Å². The third-order valence-electron chi connectivity index (χ3n) is 2.84. The van der Waals surface area contributed by atoms with Crippen LogP contribution in [0.15, 0.2) is 29.1 Å². The minimum absolute atomic E-state index is 0.298. The Morgan fingerprint density at radius 2 is 1.94 bits per heavy atom. The van der Waals surface area contributed by atoms with Crippen LogP contribution in [-0.4, -0.2) is 9.97 Å². The van der Waals surface area contributed by atoms with Crippen LogP contribution in [0.25, 0.3) is 11.3 Å². The zero-order valence-corrected chi connectivity index (χ0v) is 8.96. The van der Waals surface area contributed by atoms with Crippen molar-refractivity contribution in [1.82, 2.24) is 15.3 Å². The quantitative estimate of drug-likeness (QED) is 0.774. The zero-order valence-electron chi connectivity index (χ0n) is 8.96. The third-order valence-corrected chi connectivity index (χ3v) is 2.84. The standard InChI is InChI=1S/C12H10FN3O/c13-8-3-1-7(2-4-8)11-9-5-14-6-10(9)15-12(17)16-11/h1-4,14H,5-6H2,(H,15,16,17). The lowest BCUT2D eigenvalue weighted by Crippen LogP contribution is -2.14. The second-order valence-corrected chi connectivity index (χ2v) is 3.96. The van der Waals surface area contributed by atoms with E-state index in [-0.39, 0.29) is 11.5 Å². The molecule has 0 spiro atoms. The lowest BCUT2D eigenvalue weighted by molar-refractivity contribution is 0.628. The second-order valence-electron chi connectivity index (χ2n) is 3.96. The van der Waals surface area contributed by atoms with E-state index in [4.69, 9.17) is 0 Å².